The molecular formula is C18H27NO5. The van der Waals surface area contributed by atoms with Gasteiger partial charge < -0.3 is 14.2 Å². The Morgan fingerprint density at radius 2 is 2.00 bits per heavy atom. The Balaban J connectivity index is 1.66. The number of hydrogen-bond donors (Lipinski definition) is 0. The van der Waals surface area contributed by atoms with E-state index in [4.69, 9.17) is 29.2 Å². The van der Waals surface area contributed by atoms with E-state index in [1.165, 1.54) is 6.42 Å². The van der Waals surface area contributed by atoms with Crippen molar-refractivity contribution in [2.24, 2.45) is 23.7 Å². The molecule has 5 rings (SSSR count). The first-order chi connectivity index (χ1) is 11.5. The third kappa shape index (κ3) is 2.33. The van der Waals surface area contributed by atoms with Crippen LogP contribution in [-0.4, -0.2) is 30.6 Å². The van der Waals surface area contributed by atoms with Crippen molar-refractivity contribution in [3.63, 3.8) is 0 Å². The number of nitrogens with zero attached hydrogens (tertiary/aromatic N) is 1. The van der Waals surface area contributed by atoms with E-state index in [9.17, 15) is 0 Å². The molecule has 8 atom stereocenters. The zero-order valence-corrected chi connectivity index (χ0v) is 14.7. The number of ether oxygens (including phenoxy) is 3. The van der Waals surface area contributed by atoms with E-state index in [0.29, 0.717) is 24.9 Å². The lowest BCUT2D eigenvalue weighted by molar-refractivity contribution is -0.577. The van der Waals surface area contributed by atoms with E-state index >= 15 is 0 Å². The molecule has 6 heteroatoms. The minimum atomic E-state index is -0.755. The Bertz CT molecular complexity index is 536. The van der Waals surface area contributed by atoms with Crippen LogP contribution in [0.15, 0.2) is 0 Å². The first kappa shape index (κ1) is 16.7. The molecule has 1 spiro atoms. The fourth-order valence-corrected chi connectivity index (χ4v) is 5.28. The summed E-state index contributed by atoms with van der Waals surface area (Å²) in [4.78, 5) is 11.9. The van der Waals surface area contributed by atoms with Gasteiger partial charge in [0.2, 0.25) is 5.79 Å². The van der Waals surface area contributed by atoms with E-state index in [1.807, 2.05) is 6.92 Å². The van der Waals surface area contributed by atoms with Gasteiger partial charge in [0.05, 0.1) is 19.1 Å². The molecule has 4 heterocycles. The summed E-state index contributed by atoms with van der Waals surface area (Å²) in [6, 6.07) is 2.11. The molecule has 0 aromatic rings. The van der Waals surface area contributed by atoms with Gasteiger partial charge in [0, 0.05) is 18.3 Å². The van der Waals surface area contributed by atoms with Crippen LogP contribution in [0.2, 0.25) is 0 Å². The molecular weight excluding hydrogens is 310 g/mol. The monoisotopic (exact) mass is 337 g/mol. The molecule has 0 amide bonds. The highest BCUT2D eigenvalue weighted by atomic mass is 17.3. The fraction of sp³-hybridized carbons (Fsp3) is 0.944. The minimum Gasteiger partial charge on any atom is -0.351 e. The first-order valence-corrected chi connectivity index (χ1v) is 9.19. The zero-order chi connectivity index (χ0) is 16.9. The van der Waals surface area contributed by atoms with Crippen LogP contribution in [0.3, 0.4) is 0 Å². The smallest absolute Gasteiger partial charge is 0.201 e. The van der Waals surface area contributed by atoms with Gasteiger partial charge in [-0.15, -0.1) is 0 Å². The van der Waals surface area contributed by atoms with Gasteiger partial charge in [0.25, 0.3) is 0 Å². The fourth-order valence-electron chi connectivity index (χ4n) is 5.28. The molecule has 134 valence electrons. The molecule has 4 aliphatic heterocycles. The Kier molecular flexibility index (Phi) is 4.13. The second-order valence-corrected chi connectivity index (χ2v) is 8.05. The van der Waals surface area contributed by atoms with Crippen molar-refractivity contribution in [2.75, 3.05) is 6.61 Å². The van der Waals surface area contributed by atoms with Crippen LogP contribution in [0.5, 0.6) is 0 Å². The van der Waals surface area contributed by atoms with Gasteiger partial charge in [-0.3, -0.25) is 0 Å². The number of nitriles is 1. The second kappa shape index (κ2) is 5.93. The van der Waals surface area contributed by atoms with E-state index in [-0.39, 0.29) is 18.1 Å². The highest BCUT2D eigenvalue weighted by molar-refractivity contribution is 5.09. The van der Waals surface area contributed by atoms with Crippen molar-refractivity contribution in [1.82, 2.24) is 0 Å². The van der Waals surface area contributed by atoms with Crippen LogP contribution in [0, 0.1) is 35.0 Å². The summed E-state index contributed by atoms with van der Waals surface area (Å²) >= 11 is 0. The summed E-state index contributed by atoms with van der Waals surface area (Å²) in [5.74, 6) is 0.614. The highest BCUT2D eigenvalue weighted by Crippen LogP contribution is 2.60. The molecule has 0 aromatic carbocycles. The molecule has 1 saturated carbocycles. The topological polar surface area (TPSA) is 69.9 Å². The van der Waals surface area contributed by atoms with Crippen molar-refractivity contribution in [3.05, 3.63) is 0 Å². The van der Waals surface area contributed by atoms with Crippen LogP contribution in [0.25, 0.3) is 0 Å². The third-order valence-electron chi connectivity index (χ3n) is 6.59. The van der Waals surface area contributed by atoms with Crippen molar-refractivity contribution < 1.29 is 24.0 Å². The summed E-state index contributed by atoms with van der Waals surface area (Å²) in [6.45, 7) is 6.76. The van der Waals surface area contributed by atoms with Gasteiger partial charge >= 0.3 is 0 Å². The van der Waals surface area contributed by atoms with Crippen molar-refractivity contribution in [1.29, 1.82) is 5.26 Å². The van der Waals surface area contributed by atoms with Crippen LogP contribution in [0.4, 0.5) is 0 Å². The highest BCUT2D eigenvalue weighted by Gasteiger charge is 2.69. The Labute approximate surface area is 143 Å². The standard InChI is InChI=1S/C18H27NO5/c1-11-5-6-14-12(2)15(20-10-4-9-19)21-16-18(14)13(11)7-8-17(3,22-16)23-24-18/h11-16H,4-8,10H2,1-3H3/t11-,12-,13+,14+,15+,16-,17-,18-/m1/s1. The third-order valence-corrected chi connectivity index (χ3v) is 6.59. The lowest BCUT2D eigenvalue weighted by Crippen LogP contribution is -2.70. The predicted octanol–water partition coefficient (Wildman–Crippen LogP) is 3.12. The van der Waals surface area contributed by atoms with Crippen molar-refractivity contribution in [2.45, 2.75) is 76.8 Å². The Morgan fingerprint density at radius 1 is 1.17 bits per heavy atom. The van der Waals surface area contributed by atoms with E-state index in [0.717, 1.165) is 19.3 Å². The number of hydrogen-bond acceptors (Lipinski definition) is 6. The number of fused-ring (bicyclic) bond motifs is 2. The Hall–Kier alpha value is -0.710. The van der Waals surface area contributed by atoms with Crippen molar-refractivity contribution >= 4 is 0 Å². The maximum Gasteiger partial charge on any atom is 0.201 e. The van der Waals surface area contributed by atoms with E-state index in [1.54, 1.807) is 0 Å². The molecule has 0 unspecified atom stereocenters. The van der Waals surface area contributed by atoms with Gasteiger partial charge in [0.1, 0.15) is 0 Å². The molecule has 5 fully saturated rings. The molecule has 24 heavy (non-hydrogen) atoms. The maximum atomic E-state index is 8.74. The SMILES string of the molecule is C[C@H]1[C@@H](OCCC#N)O[C@@H]2O[C@@]3(C)CC[C@H]4[C@H](C)CC[C@@H]1[C@@]24OO3. The molecule has 0 radical (unpaired) electrons. The quantitative estimate of drug-likeness (QED) is 0.582. The summed E-state index contributed by atoms with van der Waals surface area (Å²) in [6.07, 6.45) is 3.61. The second-order valence-electron chi connectivity index (χ2n) is 8.05. The van der Waals surface area contributed by atoms with Gasteiger partial charge in [-0.05, 0) is 38.0 Å². The van der Waals surface area contributed by atoms with Gasteiger partial charge in [-0.1, -0.05) is 13.8 Å². The molecule has 1 aliphatic carbocycles. The molecule has 4 saturated heterocycles. The summed E-state index contributed by atoms with van der Waals surface area (Å²) < 4.78 is 18.4. The molecule has 5 aliphatic rings. The molecule has 2 bridgehead atoms. The summed E-state index contributed by atoms with van der Waals surface area (Å²) in [7, 11) is 0. The van der Waals surface area contributed by atoms with Crippen LogP contribution < -0.4 is 0 Å². The summed E-state index contributed by atoms with van der Waals surface area (Å²) in [5, 5.41) is 8.74. The lowest BCUT2D eigenvalue weighted by Gasteiger charge is -2.60. The first-order valence-electron chi connectivity index (χ1n) is 9.19. The average Bonchev–Trinajstić information content (AvgIpc) is 2.78. The summed E-state index contributed by atoms with van der Waals surface area (Å²) in [5.41, 5.74) is -0.540. The molecule has 6 nitrogen and oxygen atoms in total. The van der Waals surface area contributed by atoms with Crippen LogP contribution in [0.1, 0.15) is 52.9 Å². The molecule has 0 N–H and O–H groups in total. The lowest BCUT2D eigenvalue weighted by atomic mass is 9.58. The van der Waals surface area contributed by atoms with Crippen LogP contribution >= 0.6 is 0 Å². The maximum absolute atomic E-state index is 8.74. The minimum absolute atomic E-state index is 0.171. The van der Waals surface area contributed by atoms with Crippen LogP contribution in [-0.2, 0) is 24.0 Å². The Morgan fingerprint density at radius 3 is 2.79 bits per heavy atom. The van der Waals surface area contributed by atoms with E-state index in [2.05, 4.69) is 19.9 Å². The average molecular weight is 337 g/mol. The normalized spacial score (nSPS) is 53.1. The zero-order valence-electron chi connectivity index (χ0n) is 14.7. The largest absolute Gasteiger partial charge is 0.351 e. The van der Waals surface area contributed by atoms with Gasteiger partial charge in [-0.25, -0.2) is 9.78 Å². The van der Waals surface area contributed by atoms with E-state index < -0.39 is 17.7 Å². The van der Waals surface area contributed by atoms with Gasteiger partial charge in [0.15, 0.2) is 18.2 Å². The number of rotatable bonds is 3. The van der Waals surface area contributed by atoms with Gasteiger partial charge in [-0.2, -0.15) is 5.26 Å². The van der Waals surface area contributed by atoms with Crippen molar-refractivity contribution in [3.8, 4) is 6.07 Å². The predicted molar refractivity (Wildman–Crippen MR) is 83.0 cm³/mol. The molecule has 0 aromatic heterocycles.